The van der Waals surface area contributed by atoms with Crippen LogP contribution in [0, 0.1) is 12.8 Å². The highest BCUT2D eigenvalue weighted by Crippen LogP contribution is 2.26. The lowest BCUT2D eigenvalue weighted by Gasteiger charge is -2.32. The summed E-state index contributed by atoms with van der Waals surface area (Å²) in [6.07, 6.45) is 1.90. The second-order valence-corrected chi connectivity index (χ2v) is 9.15. The molecule has 0 amide bonds. The Balaban J connectivity index is 1.89. The minimum Gasteiger partial charge on any atom is -0.480 e. The molecule has 1 aliphatic heterocycles. The fraction of sp³-hybridized carbons (Fsp3) is 0.500. The molecule has 0 radical (unpaired) electrons. The Bertz CT molecular complexity index is 935. The van der Waals surface area contributed by atoms with Crippen molar-refractivity contribution < 1.29 is 18.3 Å². The number of nitrogens with zero attached hydrogens (tertiary/aromatic N) is 4. The van der Waals surface area contributed by atoms with Crippen molar-refractivity contribution in [2.45, 2.75) is 57.6 Å². The molecule has 3 rings (SSSR count). The lowest BCUT2D eigenvalue weighted by Crippen LogP contribution is -2.50. The maximum atomic E-state index is 13.1. The summed E-state index contributed by atoms with van der Waals surface area (Å²) < 4.78 is 28.9. The molecule has 2 aromatic rings. The normalized spacial score (nSPS) is 17.9. The highest BCUT2D eigenvalue weighted by Gasteiger charge is 2.41. The number of aromatic nitrogens is 3. The highest BCUT2D eigenvalue weighted by molar-refractivity contribution is 7.89. The van der Waals surface area contributed by atoms with Crippen molar-refractivity contribution in [2.24, 2.45) is 5.92 Å². The first-order valence-electron chi connectivity index (χ1n) is 8.92. The predicted octanol–water partition coefficient (Wildman–Crippen LogP) is 1.83. The molecule has 1 aliphatic rings. The molecule has 1 N–H and O–H groups in total. The Morgan fingerprint density at radius 1 is 1.26 bits per heavy atom. The van der Waals surface area contributed by atoms with Gasteiger partial charge in [0.2, 0.25) is 10.0 Å². The van der Waals surface area contributed by atoms with Crippen LogP contribution in [0.2, 0.25) is 0 Å². The van der Waals surface area contributed by atoms with Crippen molar-refractivity contribution in [3.63, 3.8) is 0 Å². The van der Waals surface area contributed by atoms with Gasteiger partial charge in [0.1, 0.15) is 17.7 Å². The number of fused-ring (bicyclic) bond motifs is 1. The molecule has 8 nitrogen and oxygen atoms in total. The van der Waals surface area contributed by atoms with Crippen LogP contribution in [-0.4, -0.2) is 44.6 Å². The third-order valence-electron chi connectivity index (χ3n) is 4.84. The van der Waals surface area contributed by atoms with E-state index in [1.807, 2.05) is 0 Å². The molecule has 0 aliphatic carbocycles. The second-order valence-electron chi connectivity index (χ2n) is 7.25. The van der Waals surface area contributed by atoms with Crippen LogP contribution in [0.5, 0.6) is 0 Å². The molecule has 1 unspecified atom stereocenters. The number of aryl methyl sites for hydroxylation is 2. The molecule has 146 valence electrons. The molecule has 1 atom stereocenters. The standard InChI is InChI=1S/C18H24N4O4S/c1-12(2)4-5-14-6-8-15(9-7-14)27(25,26)22-11-17-20-19-13(3)21(17)10-16(22)18(23)24/h6-9,12,16H,4-5,10-11H2,1-3H3,(H,23,24). The fourth-order valence-corrected chi connectivity index (χ4v) is 4.69. The van der Waals surface area contributed by atoms with E-state index in [1.165, 1.54) is 0 Å². The average Bonchev–Trinajstić information content (AvgIpc) is 2.99. The Morgan fingerprint density at radius 3 is 2.52 bits per heavy atom. The van der Waals surface area contributed by atoms with E-state index >= 15 is 0 Å². The van der Waals surface area contributed by atoms with E-state index in [0.29, 0.717) is 17.6 Å². The van der Waals surface area contributed by atoms with Crippen LogP contribution in [0.15, 0.2) is 29.2 Å². The molecule has 0 spiro atoms. The molecule has 1 aromatic carbocycles. The topological polar surface area (TPSA) is 105 Å². The molecule has 1 aromatic heterocycles. The zero-order chi connectivity index (χ0) is 19.8. The van der Waals surface area contributed by atoms with Gasteiger partial charge >= 0.3 is 5.97 Å². The Morgan fingerprint density at radius 2 is 1.93 bits per heavy atom. The summed E-state index contributed by atoms with van der Waals surface area (Å²) in [4.78, 5) is 11.8. The van der Waals surface area contributed by atoms with Gasteiger partial charge in [-0.15, -0.1) is 10.2 Å². The maximum absolute atomic E-state index is 13.1. The number of hydrogen-bond acceptors (Lipinski definition) is 5. The van der Waals surface area contributed by atoms with Crippen molar-refractivity contribution in [1.82, 2.24) is 19.1 Å². The van der Waals surface area contributed by atoms with E-state index in [0.717, 1.165) is 22.7 Å². The van der Waals surface area contributed by atoms with Gasteiger partial charge in [0.15, 0.2) is 0 Å². The molecule has 0 saturated heterocycles. The minimum absolute atomic E-state index is 0.00476. The van der Waals surface area contributed by atoms with Crippen molar-refractivity contribution in [3.05, 3.63) is 41.5 Å². The summed E-state index contributed by atoms with van der Waals surface area (Å²) in [7, 11) is -3.97. The first kappa shape index (κ1) is 19.5. The van der Waals surface area contributed by atoms with Crippen LogP contribution < -0.4 is 0 Å². The molecule has 0 fully saturated rings. The summed E-state index contributed by atoms with van der Waals surface area (Å²) in [6.45, 7) is 5.88. The van der Waals surface area contributed by atoms with E-state index in [-0.39, 0.29) is 18.0 Å². The molecule has 0 bridgehead atoms. The van der Waals surface area contributed by atoms with Gasteiger partial charge in [-0.1, -0.05) is 26.0 Å². The smallest absolute Gasteiger partial charge is 0.323 e. The number of aliphatic carboxylic acids is 1. The minimum atomic E-state index is -3.97. The van der Waals surface area contributed by atoms with Crippen LogP contribution in [0.25, 0.3) is 0 Å². The van der Waals surface area contributed by atoms with E-state index in [9.17, 15) is 18.3 Å². The van der Waals surface area contributed by atoms with E-state index < -0.39 is 22.0 Å². The van der Waals surface area contributed by atoms with Gasteiger partial charge in [-0.25, -0.2) is 8.42 Å². The summed E-state index contributed by atoms with van der Waals surface area (Å²) in [5.74, 6) is 0.398. The van der Waals surface area contributed by atoms with Crippen LogP contribution >= 0.6 is 0 Å². The molecule has 0 saturated carbocycles. The molecule has 2 heterocycles. The lowest BCUT2D eigenvalue weighted by atomic mass is 10.0. The Kier molecular flexibility index (Phi) is 5.34. The number of hydrogen-bond donors (Lipinski definition) is 1. The summed E-state index contributed by atoms with van der Waals surface area (Å²) >= 11 is 0. The highest BCUT2D eigenvalue weighted by atomic mass is 32.2. The number of carbonyl (C=O) groups is 1. The summed E-state index contributed by atoms with van der Waals surface area (Å²) in [5.41, 5.74) is 1.06. The fourth-order valence-electron chi connectivity index (χ4n) is 3.17. The average molecular weight is 392 g/mol. The molecule has 9 heteroatoms. The summed E-state index contributed by atoms with van der Waals surface area (Å²) in [5, 5.41) is 17.5. The summed E-state index contributed by atoms with van der Waals surface area (Å²) in [6, 6.07) is 5.49. The Hall–Kier alpha value is -2.26. The Labute approximate surface area is 158 Å². The van der Waals surface area contributed by atoms with Crippen LogP contribution in [0.3, 0.4) is 0 Å². The van der Waals surface area contributed by atoms with Gasteiger partial charge in [0, 0.05) is 0 Å². The molecular formula is C18H24N4O4S. The van der Waals surface area contributed by atoms with Crippen LogP contribution in [-0.2, 0) is 34.3 Å². The van der Waals surface area contributed by atoms with Crippen LogP contribution in [0.4, 0.5) is 0 Å². The maximum Gasteiger partial charge on any atom is 0.323 e. The first-order chi connectivity index (χ1) is 12.7. The number of carboxylic acids is 1. The van der Waals surface area contributed by atoms with Gasteiger partial charge < -0.3 is 9.67 Å². The van der Waals surface area contributed by atoms with E-state index in [1.54, 1.807) is 35.8 Å². The van der Waals surface area contributed by atoms with Gasteiger partial charge in [-0.2, -0.15) is 4.31 Å². The molecule has 27 heavy (non-hydrogen) atoms. The monoisotopic (exact) mass is 392 g/mol. The van der Waals surface area contributed by atoms with E-state index in [2.05, 4.69) is 24.0 Å². The van der Waals surface area contributed by atoms with Gasteiger partial charge in [-0.3, -0.25) is 4.79 Å². The number of carboxylic acid groups (broad SMARTS) is 1. The van der Waals surface area contributed by atoms with Gasteiger partial charge in [0.25, 0.3) is 0 Å². The predicted molar refractivity (Wildman–Crippen MR) is 98.5 cm³/mol. The third kappa shape index (κ3) is 3.89. The van der Waals surface area contributed by atoms with Crippen molar-refractivity contribution in [1.29, 1.82) is 0 Å². The number of rotatable bonds is 6. The van der Waals surface area contributed by atoms with Crippen LogP contribution in [0.1, 0.15) is 37.5 Å². The zero-order valence-corrected chi connectivity index (χ0v) is 16.5. The SMILES string of the molecule is Cc1nnc2n1CC(C(=O)O)N(S(=O)(=O)c1ccc(CCC(C)C)cc1)C2. The van der Waals surface area contributed by atoms with Gasteiger partial charge in [-0.05, 0) is 43.4 Å². The van der Waals surface area contributed by atoms with Crippen molar-refractivity contribution in [2.75, 3.05) is 0 Å². The third-order valence-corrected chi connectivity index (χ3v) is 6.71. The van der Waals surface area contributed by atoms with Crippen molar-refractivity contribution in [3.8, 4) is 0 Å². The second kappa shape index (κ2) is 7.40. The van der Waals surface area contributed by atoms with E-state index in [4.69, 9.17) is 0 Å². The van der Waals surface area contributed by atoms with Crippen molar-refractivity contribution >= 4 is 16.0 Å². The quantitative estimate of drug-likeness (QED) is 0.804. The van der Waals surface area contributed by atoms with Gasteiger partial charge in [0.05, 0.1) is 18.0 Å². The largest absolute Gasteiger partial charge is 0.480 e. The lowest BCUT2D eigenvalue weighted by molar-refractivity contribution is -0.142. The zero-order valence-electron chi connectivity index (χ0n) is 15.7. The number of sulfonamides is 1. The number of benzene rings is 1. The first-order valence-corrected chi connectivity index (χ1v) is 10.4. The molecular weight excluding hydrogens is 368 g/mol.